The van der Waals surface area contributed by atoms with Gasteiger partial charge in [-0.25, -0.2) is 4.98 Å². The molecule has 0 spiro atoms. The quantitative estimate of drug-likeness (QED) is 0.769. The van der Waals surface area contributed by atoms with E-state index >= 15 is 0 Å². The van der Waals surface area contributed by atoms with Gasteiger partial charge < -0.3 is 9.88 Å². The van der Waals surface area contributed by atoms with Crippen molar-refractivity contribution in [3.05, 3.63) is 60.2 Å². The van der Waals surface area contributed by atoms with E-state index in [-0.39, 0.29) is 5.91 Å². The van der Waals surface area contributed by atoms with E-state index in [1.807, 2.05) is 41.4 Å². The summed E-state index contributed by atoms with van der Waals surface area (Å²) in [5.41, 5.74) is 3.22. The predicted molar refractivity (Wildman–Crippen MR) is 102 cm³/mol. The van der Waals surface area contributed by atoms with Gasteiger partial charge in [0.05, 0.1) is 11.0 Å². The molecule has 3 aromatic rings. The number of fused-ring (bicyclic) bond motifs is 1. The maximum absolute atomic E-state index is 12.6. The summed E-state index contributed by atoms with van der Waals surface area (Å²) in [4.78, 5) is 26.8. The van der Waals surface area contributed by atoms with E-state index in [0.29, 0.717) is 12.3 Å². The number of amides is 1. The Morgan fingerprint density at radius 3 is 3.00 bits per heavy atom. The second kappa shape index (κ2) is 7.68. The molecule has 1 aromatic carbocycles. The van der Waals surface area contributed by atoms with Crippen molar-refractivity contribution in [3.8, 4) is 0 Å². The van der Waals surface area contributed by atoms with Crippen LogP contribution in [0.15, 0.2) is 48.8 Å². The summed E-state index contributed by atoms with van der Waals surface area (Å²) in [6.07, 6.45) is 8.06. The van der Waals surface area contributed by atoms with Gasteiger partial charge in [-0.05, 0) is 48.9 Å². The number of aromatic nitrogens is 3. The number of aryl methyl sites for hydroxylation is 1. The molecule has 1 N–H and O–H groups in total. The number of hydrogen-bond donors (Lipinski definition) is 1. The highest BCUT2D eigenvalue weighted by atomic mass is 16.2. The molecular formula is C21H24N4O. The molecule has 134 valence electrons. The fourth-order valence-electron chi connectivity index (χ4n) is 3.79. The van der Waals surface area contributed by atoms with Crippen molar-refractivity contribution in [2.24, 2.45) is 5.92 Å². The summed E-state index contributed by atoms with van der Waals surface area (Å²) in [5, 5.41) is 0. The third-order valence-corrected chi connectivity index (χ3v) is 5.14. The Balaban J connectivity index is 1.33. The van der Waals surface area contributed by atoms with Crippen molar-refractivity contribution in [1.29, 1.82) is 0 Å². The number of nitrogens with zero attached hydrogens (tertiary/aromatic N) is 3. The van der Waals surface area contributed by atoms with Crippen molar-refractivity contribution in [2.45, 2.75) is 32.1 Å². The molecule has 4 rings (SSSR count). The SMILES string of the molecule is O=C(CCc1cccnc1)N1CCC[C@@H](Cc2nc3ccccc3[nH]2)C1. The second-order valence-electron chi connectivity index (χ2n) is 7.11. The maximum atomic E-state index is 12.6. The molecule has 1 aliphatic rings. The minimum Gasteiger partial charge on any atom is -0.342 e. The first-order chi connectivity index (χ1) is 12.8. The second-order valence-corrected chi connectivity index (χ2v) is 7.11. The first-order valence-corrected chi connectivity index (χ1v) is 9.38. The van der Waals surface area contributed by atoms with Crippen LogP contribution in [-0.4, -0.2) is 38.8 Å². The molecule has 1 aliphatic heterocycles. The lowest BCUT2D eigenvalue weighted by Gasteiger charge is -2.32. The van der Waals surface area contributed by atoms with Crippen LogP contribution in [0.25, 0.3) is 11.0 Å². The summed E-state index contributed by atoms with van der Waals surface area (Å²) in [6.45, 7) is 1.71. The van der Waals surface area contributed by atoms with E-state index in [9.17, 15) is 4.79 Å². The molecule has 0 unspecified atom stereocenters. The Kier molecular flexibility index (Phi) is 4.95. The summed E-state index contributed by atoms with van der Waals surface area (Å²) in [7, 11) is 0. The van der Waals surface area contributed by atoms with Crippen molar-refractivity contribution >= 4 is 16.9 Å². The molecule has 5 heteroatoms. The van der Waals surface area contributed by atoms with Crippen molar-refractivity contribution in [1.82, 2.24) is 19.9 Å². The number of para-hydroxylation sites is 2. The maximum Gasteiger partial charge on any atom is 0.222 e. The third-order valence-electron chi connectivity index (χ3n) is 5.14. The molecule has 0 radical (unpaired) electrons. The molecular weight excluding hydrogens is 324 g/mol. The number of carbonyl (C=O) groups is 1. The van der Waals surface area contributed by atoms with Gasteiger partial charge in [-0.3, -0.25) is 9.78 Å². The van der Waals surface area contributed by atoms with Gasteiger partial charge in [0.1, 0.15) is 5.82 Å². The van der Waals surface area contributed by atoms with Gasteiger partial charge in [0, 0.05) is 38.3 Å². The van der Waals surface area contributed by atoms with Crippen LogP contribution in [0, 0.1) is 5.92 Å². The van der Waals surface area contributed by atoms with Crippen LogP contribution >= 0.6 is 0 Å². The molecule has 3 heterocycles. The van der Waals surface area contributed by atoms with Crippen LogP contribution < -0.4 is 0 Å². The van der Waals surface area contributed by atoms with E-state index in [0.717, 1.165) is 61.2 Å². The number of hydrogen-bond acceptors (Lipinski definition) is 3. The van der Waals surface area contributed by atoms with Gasteiger partial charge in [-0.15, -0.1) is 0 Å². The number of imidazole rings is 1. The highest BCUT2D eigenvalue weighted by molar-refractivity contribution is 5.76. The summed E-state index contributed by atoms with van der Waals surface area (Å²) in [5.74, 6) is 1.76. The number of H-pyrrole nitrogens is 1. The number of likely N-dealkylation sites (tertiary alicyclic amines) is 1. The first-order valence-electron chi connectivity index (χ1n) is 9.38. The zero-order valence-electron chi connectivity index (χ0n) is 14.9. The Labute approximate surface area is 153 Å². The van der Waals surface area contributed by atoms with Crippen LogP contribution in [0.2, 0.25) is 0 Å². The van der Waals surface area contributed by atoms with Crippen LogP contribution in [0.3, 0.4) is 0 Å². The third kappa shape index (κ3) is 3.93. The van der Waals surface area contributed by atoms with E-state index in [1.165, 1.54) is 0 Å². The molecule has 0 bridgehead atoms. The zero-order chi connectivity index (χ0) is 17.8. The monoisotopic (exact) mass is 348 g/mol. The Morgan fingerprint density at radius 2 is 2.15 bits per heavy atom. The number of nitrogens with one attached hydrogen (secondary N) is 1. The number of rotatable bonds is 5. The molecule has 5 nitrogen and oxygen atoms in total. The molecule has 0 aliphatic carbocycles. The summed E-state index contributed by atoms with van der Waals surface area (Å²) >= 11 is 0. The Morgan fingerprint density at radius 1 is 1.23 bits per heavy atom. The average Bonchev–Trinajstić information content (AvgIpc) is 3.09. The Bertz CT molecular complexity index is 841. The molecule has 26 heavy (non-hydrogen) atoms. The fourth-order valence-corrected chi connectivity index (χ4v) is 3.79. The number of aromatic amines is 1. The van der Waals surface area contributed by atoms with Crippen molar-refractivity contribution in [3.63, 3.8) is 0 Å². The largest absolute Gasteiger partial charge is 0.342 e. The number of benzene rings is 1. The van der Waals surface area contributed by atoms with E-state index in [1.54, 1.807) is 6.20 Å². The highest BCUT2D eigenvalue weighted by Gasteiger charge is 2.24. The highest BCUT2D eigenvalue weighted by Crippen LogP contribution is 2.22. The smallest absolute Gasteiger partial charge is 0.222 e. The number of piperidine rings is 1. The lowest BCUT2D eigenvalue weighted by molar-refractivity contribution is -0.133. The summed E-state index contributed by atoms with van der Waals surface area (Å²) in [6, 6.07) is 12.1. The van der Waals surface area contributed by atoms with Crippen molar-refractivity contribution in [2.75, 3.05) is 13.1 Å². The van der Waals surface area contributed by atoms with Gasteiger partial charge in [-0.2, -0.15) is 0 Å². The van der Waals surface area contributed by atoms with Gasteiger partial charge >= 0.3 is 0 Å². The molecule has 2 aromatic heterocycles. The standard InChI is InChI=1S/C21H24N4O/c26-21(10-9-16-5-3-11-22-14-16)25-12-4-6-17(15-25)13-20-23-18-7-1-2-8-19(18)24-20/h1-3,5,7-8,11,14,17H,4,6,9-10,12-13,15H2,(H,23,24)/t17-/m0/s1. The molecule has 1 atom stereocenters. The lowest BCUT2D eigenvalue weighted by Crippen LogP contribution is -2.40. The lowest BCUT2D eigenvalue weighted by atomic mass is 9.94. The van der Waals surface area contributed by atoms with Crippen LogP contribution in [0.4, 0.5) is 0 Å². The van der Waals surface area contributed by atoms with Crippen molar-refractivity contribution < 1.29 is 4.79 Å². The normalized spacial score (nSPS) is 17.5. The number of pyridine rings is 1. The van der Waals surface area contributed by atoms with Gasteiger partial charge in [0.2, 0.25) is 5.91 Å². The number of carbonyl (C=O) groups excluding carboxylic acids is 1. The minimum absolute atomic E-state index is 0.253. The van der Waals surface area contributed by atoms with Crippen LogP contribution in [0.1, 0.15) is 30.7 Å². The van der Waals surface area contributed by atoms with E-state index < -0.39 is 0 Å². The van der Waals surface area contributed by atoms with E-state index in [2.05, 4.69) is 21.0 Å². The topological polar surface area (TPSA) is 61.9 Å². The first kappa shape index (κ1) is 16.8. The fraction of sp³-hybridized carbons (Fsp3) is 0.381. The zero-order valence-corrected chi connectivity index (χ0v) is 14.9. The molecule has 1 saturated heterocycles. The van der Waals surface area contributed by atoms with Crippen LogP contribution in [0.5, 0.6) is 0 Å². The molecule has 1 amide bonds. The molecule has 1 fully saturated rings. The van der Waals surface area contributed by atoms with Gasteiger partial charge in [-0.1, -0.05) is 18.2 Å². The van der Waals surface area contributed by atoms with Gasteiger partial charge in [0.25, 0.3) is 0 Å². The van der Waals surface area contributed by atoms with E-state index in [4.69, 9.17) is 0 Å². The minimum atomic E-state index is 0.253. The Hall–Kier alpha value is -2.69. The molecule has 0 saturated carbocycles. The van der Waals surface area contributed by atoms with Crippen LogP contribution in [-0.2, 0) is 17.6 Å². The summed E-state index contributed by atoms with van der Waals surface area (Å²) < 4.78 is 0. The predicted octanol–water partition coefficient (Wildman–Crippen LogP) is 3.37. The van der Waals surface area contributed by atoms with Gasteiger partial charge in [0.15, 0.2) is 0 Å². The average molecular weight is 348 g/mol.